The highest BCUT2D eigenvalue weighted by Gasteiger charge is 2.30. The molecule has 0 radical (unpaired) electrons. The molecule has 1 aliphatic carbocycles. The molecule has 0 amide bonds. The average Bonchev–Trinajstić information content (AvgIpc) is 3.34. The van der Waals surface area contributed by atoms with Gasteiger partial charge in [-0.3, -0.25) is 0 Å². The highest BCUT2D eigenvalue weighted by atomic mass is 16.5. The van der Waals surface area contributed by atoms with Crippen molar-refractivity contribution in [3.63, 3.8) is 0 Å². The summed E-state index contributed by atoms with van der Waals surface area (Å²) in [5.74, 6) is 0.684. The molecule has 0 aliphatic heterocycles. The lowest BCUT2D eigenvalue weighted by Crippen LogP contribution is -2.37. The van der Waals surface area contributed by atoms with E-state index in [1.54, 1.807) is 0 Å². The lowest BCUT2D eigenvalue weighted by Gasteiger charge is -2.35. The van der Waals surface area contributed by atoms with Crippen LogP contribution in [0.25, 0.3) is 28.6 Å². The second-order valence-electron chi connectivity index (χ2n) is 12.3. The maximum Gasteiger partial charge on any atom is 0.112 e. The number of rotatable bonds is 21. The maximum absolute atomic E-state index is 5.99. The van der Waals surface area contributed by atoms with E-state index in [9.17, 15) is 0 Å². The molecular formula is C42H55NO4. The lowest BCUT2D eigenvalue weighted by atomic mass is 9.92. The smallest absolute Gasteiger partial charge is 0.112 e. The van der Waals surface area contributed by atoms with Crippen molar-refractivity contribution in [2.75, 3.05) is 26.4 Å². The van der Waals surface area contributed by atoms with Gasteiger partial charge in [-0.25, -0.2) is 0 Å². The number of hydrogen-bond acceptors (Lipinski definition) is 4. The van der Waals surface area contributed by atoms with Gasteiger partial charge in [0.15, 0.2) is 0 Å². The van der Waals surface area contributed by atoms with Gasteiger partial charge in [-0.1, -0.05) is 79.9 Å². The monoisotopic (exact) mass is 637 g/mol. The van der Waals surface area contributed by atoms with E-state index < -0.39 is 0 Å². The number of hydrogen-bond donors (Lipinski definition) is 0. The second-order valence-corrected chi connectivity index (χ2v) is 12.3. The van der Waals surface area contributed by atoms with Crippen LogP contribution < -0.4 is 10.6 Å². The lowest BCUT2D eigenvalue weighted by molar-refractivity contribution is -0.107. The highest BCUT2D eigenvalue weighted by molar-refractivity contribution is 5.87. The Kier molecular flexibility index (Phi) is 15.3. The summed E-state index contributed by atoms with van der Waals surface area (Å²) in [7, 11) is 2.11. The molecule has 0 bridgehead atoms. The van der Waals surface area contributed by atoms with Gasteiger partial charge in [-0.15, -0.1) is 0 Å². The third-order valence-electron chi connectivity index (χ3n) is 8.83. The molecular weight excluding hydrogens is 582 g/mol. The van der Waals surface area contributed by atoms with E-state index in [-0.39, 0.29) is 0 Å². The minimum atomic E-state index is 0.346. The van der Waals surface area contributed by atoms with Crippen LogP contribution in [0, 0.1) is 0 Å². The summed E-state index contributed by atoms with van der Waals surface area (Å²) >= 11 is 0. The first-order chi connectivity index (χ1) is 23.0. The SMILES string of the molecule is C=C/C=c1\c(=C/C)c2ccc(C(/C=C\C(=C)OCCCCCOCCCCCOC3CC(OCc4ccccc4)C3)=C/C)cc2n1C. The zero-order valence-corrected chi connectivity index (χ0v) is 28.9. The Bertz CT molecular complexity index is 1590. The van der Waals surface area contributed by atoms with E-state index in [0.29, 0.717) is 31.2 Å². The summed E-state index contributed by atoms with van der Waals surface area (Å²) in [4.78, 5) is 0. The first-order valence-electron chi connectivity index (χ1n) is 17.4. The summed E-state index contributed by atoms with van der Waals surface area (Å²) in [5, 5.41) is 3.65. The van der Waals surface area contributed by atoms with Gasteiger partial charge >= 0.3 is 0 Å². The van der Waals surface area contributed by atoms with Gasteiger partial charge in [-0.05, 0) is 100 Å². The fraction of sp³-hybridized carbons (Fsp3) is 0.429. The van der Waals surface area contributed by atoms with Gasteiger partial charge in [0, 0.05) is 48.3 Å². The molecule has 1 fully saturated rings. The van der Waals surface area contributed by atoms with Crippen LogP contribution in [0.5, 0.6) is 0 Å². The molecule has 5 nitrogen and oxygen atoms in total. The normalized spacial score (nSPS) is 17.5. The van der Waals surface area contributed by atoms with Gasteiger partial charge in [0.1, 0.15) is 5.76 Å². The molecule has 0 N–H and O–H groups in total. The molecule has 47 heavy (non-hydrogen) atoms. The van der Waals surface area contributed by atoms with E-state index >= 15 is 0 Å². The van der Waals surface area contributed by atoms with Crippen molar-refractivity contribution in [2.45, 2.75) is 84.0 Å². The summed E-state index contributed by atoms with van der Waals surface area (Å²) in [6.07, 6.45) is 21.5. The van der Waals surface area contributed by atoms with E-state index in [0.717, 1.165) is 76.8 Å². The van der Waals surface area contributed by atoms with Gasteiger partial charge in [0.05, 0.1) is 25.4 Å². The number of aryl methyl sites for hydroxylation is 1. The predicted octanol–water partition coefficient (Wildman–Crippen LogP) is 8.56. The number of nitrogens with zero attached hydrogens (tertiary/aromatic N) is 1. The first kappa shape index (κ1) is 36.2. The molecule has 5 heteroatoms. The van der Waals surface area contributed by atoms with Crippen LogP contribution in [-0.2, 0) is 32.6 Å². The van der Waals surface area contributed by atoms with Crippen LogP contribution in [0.2, 0.25) is 0 Å². The number of benzene rings is 2. The van der Waals surface area contributed by atoms with Gasteiger partial charge in [0.25, 0.3) is 0 Å². The van der Waals surface area contributed by atoms with Gasteiger partial charge in [0.2, 0.25) is 0 Å². The van der Waals surface area contributed by atoms with Crippen LogP contribution in [0.3, 0.4) is 0 Å². The number of ether oxygens (including phenoxy) is 4. The van der Waals surface area contributed by atoms with Crippen molar-refractivity contribution in [2.24, 2.45) is 7.05 Å². The molecule has 0 unspecified atom stereocenters. The van der Waals surface area contributed by atoms with Crippen LogP contribution in [-0.4, -0.2) is 43.2 Å². The molecule has 2 aromatic carbocycles. The molecule has 1 aromatic heterocycles. The molecule has 1 saturated carbocycles. The number of allylic oxidation sites excluding steroid dienone is 5. The standard InChI is InChI=1S/C42H55NO4/c1-6-18-41-39(8-3)40-24-23-36(29-42(40)43(41)5)35(7-2)22-21-33(4)45-27-16-10-14-25-44-26-15-11-17-28-46-37-30-38(31-37)47-32-34-19-12-9-13-20-34/h6-9,12-13,18-24,29,37-38H,1,4,10-11,14-17,25-28,30-32H2,2-3,5H3/b22-21-,35-7+,39-8-,41-18+. The van der Waals surface area contributed by atoms with Crippen molar-refractivity contribution in [1.82, 2.24) is 4.57 Å². The fourth-order valence-electron chi connectivity index (χ4n) is 5.97. The molecule has 1 aliphatic rings. The fourth-order valence-corrected chi connectivity index (χ4v) is 5.97. The first-order valence-corrected chi connectivity index (χ1v) is 17.4. The molecule has 4 rings (SSSR count). The Labute approximate surface area is 282 Å². The molecule has 252 valence electrons. The van der Waals surface area contributed by atoms with E-state index in [1.807, 2.05) is 18.2 Å². The zero-order chi connectivity index (χ0) is 33.3. The molecule has 1 heterocycles. The van der Waals surface area contributed by atoms with Gasteiger partial charge < -0.3 is 23.5 Å². The average molecular weight is 638 g/mol. The summed E-state index contributed by atoms with van der Waals surface area (Å²) < 4.78 is 25.9. The number of aromatic nitrogens is 1. The van der Waals surface area contributed by atoms with Gasteiger partial charge in [-0.2, -0.15) is 0 Å². The largest absolute Gasteiger partial charge is 0.494 e. The Balaban J connectivity index is 0.994. The minimum Gasteiger partial charge on any atom is -0.494 e. The van der Waals surface area contributed by atoms with E-state index in [2.05, 4.69) is 105 Å². The highest BCUT2D eigenvalue weighted by Crippen LogP contribution is 2.27. The zero-order valence-electron chi connectivity index (χ0n) is 28.9. The Hall–Kier alpha value is -3.64. The Morgan fingerprint density at radius 3 is 2.26 bits per heavy atom. The number of fused-ring (bicyclic) bond motifs is 1. The summed E-state index contributed by atoms with van der Waals surface area (Å²) in [6.45, 7) is 16.0. The van der Waals surface area contributed by atoms with Crippen molar-refractivity contribution < 1.29 is 18.9 Å². The maximum atomic E-state index is 5.99. The van der Waals surface area contributed by atoms with Crippen molar-refractivity contribution >= 4 is 28.6 Å². The van der Waals surface area contributed by atoms with Crippen molar-refractivity contribution in [1.29, 1.82) is 0 Å². The van der Waals surface area contributed by atoms with Crippen LogP contribution in [0.4, 0.5) is 0 Å². The summed E-state index contributed by atoms with van der Waals surface area (Å²) in [6, 6.07) is 17.0. The van der Waals surface area contributed by atoms with E-state index in [1.165, 1.54) is 32.6 Å². The predicted molar refractivity (Wildman–Crippen MR) is 197 cm³/mol. The quantitative estimate of drug-likeness (QED) is 0.0667. The molecule has 3 aromatic rings. The van der Waals surface area contributed by atoms with Crippen molar-refractivity contribution in [3.05, 3.63) is 113 Å². The molecule has 0 spiro atoms. The van der Waals surface area contributed by atoms with Crippen LogP contribution >= 0.6 is 0 Å². The van der Waals surface area contributed by atoms with Crippen LogP contribution in [0.1, 0.15) is 76.3 Å². The third-order valence-corrected chi connectivity index (χ3v) is 8.83. The topological polar surface area (TPSA) is 41.9 Å². The Morgan fingerprint density at radius 2 is 1.55 bits per heavy atom. The Morgan fingerprint density at radius 1 is 0.851 bits per heavy atom. The van der Waals surface area contributed by atoms with Crippen LogP contribution in [0.15, 0.2) is 91.8 Å². The molecule has 0 saturated heterocycles. The van der Waals surface area contributed by atoms with Crippen molar-refractivity contribution in [3.8, 4) is 0 Å². The second kappa shape index (κ2) is 19.9. The van der Waals surface area contributed by atoms with E-state index in [4.69, 9.17) is 18.9 Å². The third kappa shape index (κ3) is 11.2. The summed E-state index contributed by atoms with van der Waals surface area (Å²) in [5.41, 5.74) is 4.73. The molecule has 0 atom stereocenters. The number of unbranched alkanes of at least 4 members (excludes halogenated alkanes) is 4. The minimum absolute atomic E-state index is 0.346.